The van der Waals surface area contributed by atoms with E-state index in [-0.39, 0.29) is 11.5 Å². The van der Waals surface area contributed by atoms with Crippen LogP contribution in [0.15, 0.2) is 5.16 Å². The highest BCUT2D eigenvalue weighted by Crippen LogP contribution is 2.30. The lowest BCUT2D eigenvalue weighted by molar-refractivity contribution is -0.205. The minimum atomic E-state index is -5.04. The number of hydrogen-bond donors (Lipinski definition) is 4. The molecule has 29 heavy (non-hydrogen) atoms. The molecular formula is C16H30NO9S3-. The number of rotatable bonds is 13. The fourth-order valence-corrected chi connectivity index (χ4v) is 4.57. The maximum Gasteiger partial charge on any atom is 0.284 e. The van der Waals surface area contributed by atoms with E-state index in [0.29, 0.717) is 6.42 Å². The predicted molar refractivity (Wildman–Crippen MR) is 110 cm³/mol. The van der Waals surface area contributed by atoms with Crippen LogP contribution in [0.3, 0.4) is 0 Å². The molecule has 1 aliphatic heterocycles. The van der Waals surface area contributed by atoms with Gasteiger partial charge >= 0.3 is 0 Å². The Hall–Kier alpha value is -0.120. The Morgan fingerprint density at radius 1 is 1.07 bits per heavy atom. The van der Waals surface area contributed by atoms with Gasteiger partial charge in [0.1, 0.15) is 34.9 Å². The van der Waals surface area contributed by atoms with Crippen LogP contribution in [0.1, 0.15) is 44.9 Å². The molecular weight excluding hydrogens is 446 g/mol. The molecule has 0 aromatic rings. The zero-order chi connectivity index (χ0) is 21.9. The Bertz CT molecular complexity index is 588. The topological polar surface area (TPSA) is 169 Å². The summed E-state index contributed by atoms with van der Waals surface area (Å²) < 4.78 is 41.5. The van der Waals surface area contributed by atoms with Gasteiger partial charge in [0.15, 0.2) is 0 Å². The standard InChI is InChI=1S/C16H31NO9S3/c1-27-9-7-5-3-2-4-6-8-12(17-26-29(22,23)24)28-16-15(21)14(20)13(19)11(10-18)25-16/h11,13-16,18-21H,2-10H2,1H3,(H,22,23,24)/p-1/b17-12-. The Morgan fingerprint density at radius 2 is 1.69 bits per heavy atom. The average molecular weight is 477 g/mol. The third kappa shape index (κ3) is 10.6. The van der Waals surface area contributed by atoms with Crippen LogP contribution in [0, 0.1) is 0 Å². The molecule has 0 aliphatic carbocycles. The van der Waals surface area contributed by atoms with Crippen molar-refractivity contribution in [1.29, 1.82) is 0 Å². The van der Waals surface area contributed by atoms with Crippen molar-refractivity contribution in [3.8, 4) is 0 Å². The predicted octanol–water partition coefficient (Wildman–Crippen LogP) is 0.403. The van der Waals surface area contributed by atoms with Crippen LogP contribution in [0.25, 0.3) is 0 Å². The number of nitrogens with zero attached hydrogens (tertiary/aromatic N) is 1. The summed E-state index contributed by atoms with van der Waals surface area (Å²) in [5, 5.41) is 42.5. The molecule has 0 radical (unpaired) electrons. The summed E-state index contributed by atoms with van der Waals surface area (Å²) >= 11 is 2.59. The van der Waals surface area contributed by atoms with Gasteiger partial charge in [-0.2, -0.15) is 20.2 Å². The summed E-state index contributed by atoms with van der Waals surface area (Å²) in [6, 6.07) is 0. The molecule has 1 saturated heterocycles. The number of hydrogen-bond acceptors (Lipinski definition) is 12. The van der Waals surface area contributed by atoms with Gasteiger partial charge in [0, 0.05) is 0 Å². The maximum atomic E-state index is 10.7. The van der Waals surface area contributed by atoms with Gasteiger partial charge in [-0.1, -0.05) is 42.6 Å². The van der Waals surface area contributed by atoms with Gasteiger partial charge in [-0.25, -0.2) is 0 Å². The molecule has 0 aromatic heterocycles. The molecule has 5 atom stereocenters. The smallest absolute Gasteiger partial charge is 0.284 e. The lowest BCUT2D eigenvalue weighted by Gasteiger charge is -2.39. The molecule has 4 N–H and O–H groups in total. The molecule has 1 heterocycles. The molecule has 0 amide bonds. The second-order valence-electron chi connectivity index (χ2n) is 6.65. The van der Waals surface area contributed by atoms with E-state index in [1.165, 1.54) is 0 Å². The lowest BCUT2D eigenvalue weighted by atomic mass is 10.0. The average Bonchev–Trinajstić information content (AvgIpc) is 2.67. The summed E-state index contributed by atoms with van der Waals surface area (Å²) in [6.45, 7) is -0.587. The molecule has 0 saturated carbocycles. The highest BCUT2D eigenvalue weighted by atomic mass is 32.3. The fraction of sp³-hybridized carbons (Fsp3) is 0.938. The largest absolute Gasteiger partial charge is 0.714 e. The van der Waals surface area contributed by atoms with Crippen LogP contribution >= 0.6 is 23.5 Å². The van der Waals surface area contributed by atoms with Gasteiger partial charge in [0.05, 0.1) is 6.61 Å². The Morgan fingerprint density at radius 3 is 2.28 bits per heavy atom. The molecule has 13 heteroatoms. The number of oxime groups is 1. The summed E-state index contributed by atoms with van der Waals surface area (Å²) in [5.74, 6) is 1.13. The van der Waals surface area contributed by atoms with Crippen LogP contribution in [-0.2, 0) is 19.4 Å². The van der Waals surface area contributed by atoms with Crippen molar-refractivity contribution in [2.24, 2.45) is 5.16 Å². The summed E-state index contributed by atoms with van der Waals surface area (Å²) in [6.07, 6.45) is 2.55. The molecule has 1 fully saturated rings. The summed E-state index contributed by atoms with van der Waals surface area (Å²) in [7, 11) is -5.04. The Labute approximate surface area is 180 Å². The van der Waals surface area contributed by atoms with Gasteiger partial charge in [0.2, 0.25) is 0 Å². The molecule has 0 spiro atoms. The van der Waals surface area contributed by atoms with Crippen LogP contribution in [-0.4, -0.2) is 86.9 Å². The maximum absolute atomic E-state index is 10.7. The molecule has 1 aliphatic rings. The van der Waals surface area contributed by atoms with Gasteiger partial charge in [-0.15, -0.1) is 0 Å². The first-order chi connectivity index (χ1) is 13.7. The van der Waals surface area contributed by atoms with E-state index < -0.39 is 46.9 Å². The SMILES string of the molecule is CSCCCCCCCC/C(=N/OS(=O)(=O)[O-])SC1OC(CO)C(O)C(O)C1O. The molecule has 10 nitrogen and oxygen atoms in total. The molecule has 0 bridgehead atoms. The van der Waals surface area contributed by atoms with E-state index in [9.17, 15) is 33.4 Å². The molecule has 5 unspecified atom stereocenters. The second kappa shape index (κ2) is 14.0. The van der Waals surface area contributed by atoms with E-state index >= 15 is 0 Å². The summed E-state index contributed by atoms with van der Waals surface area (Å²) in [5.41, 5.74) is -1.13. The minimum Gasteiger partial charge on any atom is -0.714 e. The monoisotopic (exact) mass is 476 g/mol. The molecule has 1 rings (SSSR count). The minimum absolute atomic E-state index is 0.0936. The molecule has 0 aromatic carbocycles. The highest BCUT2D eigenvalue weighted by Gasteiger charge is 2.44. The summed E-state index contributed by atoms with van der Waals surface area (Å²) in [4.78, 5) is 0. The zero-order valence-corrected chi connectivity index (χ0v) is 18.7. The number of aliphatic hydroxyl groups excluding tert-OH is 4. The third-order valence-electron chi connectivity index (χ3n) is 4.32. The van der Waals surface area contributed by atoms with E-state index in [2.05, 4.69) is 15.7 Å². The quantitative estimate of drug-likeness (QED) is 0.0725. The third-order valence-corrected chi connectivity index (χ3v) is 6.45. The fourth-order valence-electron chi connectivity index (χ4n) is 2.74. The van der Waals surface area contributed by atoms with E-state index in [4.69, 9.17) is 4.74 Å². The van der Waals surface area contributed by atoms with Crippen molar-refractivity contribution in [2.45, 2.75) is 74.8 Å². The van der Waals surface area contributed by atoms with Crippen molar-refractivity contribution in [1.82, 2.24) is 0 Å². The second-order valence-corrected chi connectivity index (χ2v) is 9.77. The van der Waals surface area contributed by atoms with E-state index in [0.717, 1.165) is 49.6 Å². The van der Waals surface area contributed by atoms with Crippen molar-refractivity contribution in [3.63, 3.8) is 0 Å². The van der Waals surface area contributed by atoms with Crippen LogP contribution in [0.4, 0.5) is 0 Å². The first-order valence-electron chi connectivity index (χ1n) is 9.37. The van der Waals surface area contributed by atoms with Crippen LogP contribution in [0.2, 0.25) is 0 Å². The van der Waals surface area contributed by atoms with Crippen molar-refractivity contribution >= 4 is 39.0 Å². The van der Waals surface area contributed by atoms with Gasteiger partial charge in [-0.3, -0.25) is 4.28 Å². The molecule has 172 valence electrons. The van der Waals surface area contributed by atoms with Gasteiger partial charge in [-0.05, 0) is 31.3 Å². The number of unbranched alkanes of at least 4 members (excludes halogenated alkanes) is 5. The van der Waals surface area contributed by atoms with E-state index in [1.807, 2.05) is 11.8 Å². The highest BCUT2D eigenvalue weighted by molar-refractivity contribution is 8.14. The zero-order valence-electron chi connectivity index (χ0n) is 16.3. The number of ether oxygens (including phenoxy) is 1. The first kappa shape index (κ1) is 26.9. The van der Waals surface area contributed by atoms with E-state index in [1.54, 1.807) is 0 Å². The van der Waals surface area contributed by atoms with Crippen LogP contribution in [0.5, 0.6) is 0 Å². The Kier molecular flexibility index (Phi) is 13.0. The lowest BCUT2D eigenvalue weighted by Crippen LogP contribution is -2.57. The van der Waals surface area contributed by atoms with Crippen molar-refractivity contribution < 1.29 is 42.4 Å². The number of aliphatic hydroxyl groups is 4. The van der Waals surface area contributed by atoms with Gasteiger partial charge in [0.25, 0.3) is 10.4 Å². The Balaban J connectivity index is 2.61. The first-order valence-corrected chi connectivity index (χ1v) is 13.0. The van der Waals surface area contributed by atoms with Crippen LogP contribution < -0.4 is 0 Å². The van der Waals surface area contributed by atoms with Crippen molar-refractivity contribution in [3.05, 3.63) is 0 Å². The normalized spacial score (nSPS) is 28.5. The van der Waals surface area contributed by atoms with Gasteiger partial charge < -0.3 is 29.7 Å². The number of thioether (sulfide) groups is 2. The van der Waals surface area contributed by atoms with Crippen molar-refractivity contribution in [2.75, 3.05) is 18.6 Å².